The zero-order chi connectivity index (χ0) is 23.7. The van der Waals surface area contributed by atoms with Crippen LogP contribution in [-0.4, -0.2) is 53.0 Å². The number of halogens is 1. The van der Waals surface area contributed by atoms with Crippen LogP contribution >= 0.6 is 0 Å². The van der Waals surface area contributed by atoms with Crippen molar-refractivity contribution in [3.63, 3.8) is 0 Å². The van der Waals surface area contributed by atoms with Crippen LogP contribution in [0.15, 0.2) is 34.9 Å². The Balaban J connectivity index is 1.89. The largest absolute Gasteiger partial charge is 0.508 e. The molecule has 0 atom stereocenters. The first-order valence-electron chi connectivity index (χ1n) is 11.0. The summed E-state index contributed by atoms with van der Waals surface area (Å²) in [5.74, 6) is -0.837. The van der Waals surface area contributed by atoms with Crippen LogP contribution in [0.3, 0.4) is 0 Å². The number of hydrogen-bond donors (Lipinski definition) is 3. The molecule has 33 heavy (non-hydrogen) atoms. The third-order valence-corrected chi connectivity index (χ3v) is 6.00. The number of rotatable bonds is 6. The van der Waals surface area contributed by atoms with E-state index in [0.29, 0.717) is 16.7 Å². The van der Waals surface area contributed by atoms with Gasteiger partial charge < -0.3 is 25.0 Å². The summed E-state index contributed by atoms with van der Waals surface area (Å²) in [7, 11) is 2.07. The van der Waals surface area contributed by atoms with E-state index in [1.54, 1.807) is 6.07 Å². The molecule has 0 spiro atoms. The fourth-order valence-corrected chi connectivity index (χ4v) is 4.23. The first-order valence-corrected chi connectivity index (χ1v) is 11.0. The number of benzene rings is 2. The third-order valence-electron chi connectivity index (χ3n) is 6.00. The molecule has 1 aromatic heterocycles. The lowest BCUT2D eigenvalue weighted by Gasteiger charge is -2.25. The number of phenolic OH excluding ortho intramolecular Hbond substituents is 2. The molecule has 2 aromatic carbocycles. The van der Waals surface area contributed by atoms with Gasteiger partial charge in [-0.1, -0.05) is 37.2 Å². The minimum atomic E-state index is -0.703. The molecule has 0 fully saturated rings. The number of carbonyl (C=O) groups excluding carboxylic acids is 1. The lowest BCUT2D eigenvalue weighted by Crippen LogP contribution is -2.26. The number of hydrogen-bond acceptors (Lipinski definition) is 6. The normalized spacial score (nSPS) is 13.8. The zero-order valence-electron chi connectivity index (χ0n) is 19.0. The van der Waals surface area contributed by atoms with Gasteiger partial charge in [0.05, 0.1) is 5.56 Å². The van der Waals surface area contributed by atoms with E-state index in [1.165, 1.54) is 17.2 Å². The van der Waals surface area contributed by atoms with E-state index in [-0.39, 0.29) is 35.4 Å². The Bertz CT molecular complexity index is 1190. The number of likely N-dealkylation sites (N-methyl/N-ethyl adjacent to an activating group) is 1. The van der Waals surface area contributed by atoms with Gasteiger partial charge in [0.25, 0.3) is 5.91 Å². The highest BCUT2D eigenvalue weighted by atomic mass is 19.1. The maximum atomic E-state index is 12.8. The maximum Gasteiger partial charge on any atom is 0.290 e. The van der Waals surface area contributed by atoms with Crippen molar-refractivity contribution in [2.45, 2.75) is 32.7 Å². The number of carbonyl (C=O) groups is 1. The highest BCUT2D eigenvalue weighted by molar-refractivity contribution is 6.02. The smallest absolute Gasteiger partial charge is 0.290 e. The van der Waals surface area contributed by atoms with Gasteiger partial charge in [-0.15, -0.1) is 0 Å². The second-order valence-corrected chi connectivity index (χ2v) is 8.73. The van der Waals surface area contributed by atoms with Gasteiger partial charge in [-0.05, 0) is 47.7 Å². The summed E-state index contributed by atoms with van der Waals surface area (Å²) in [6.07, 6.45) is 0.867. The van der Waals surface area contributed by atoms with Crippen molar-refractivity contribution in [1.82, 2.24) is 15.4 Å². The molecule has 7 nitrogen and oxygen atoms in total. The average molecular weight is 454 g/mol. The van der Waals surface area contributed by atoms with E-state index in [1.807, 2.05) is 32.0 Å². The molecule has 0 bridgehead atoms. The minimum Gasteiger partial charge on any atom is -0.508 e. The van der Waals surface area contributed by atoms with Crippen molar-refractivity contribution in [2.75, 3.05) is 26.8 Å². The summed E-state index contributed by atoms with van der Waals surface area (Å²) in [6.45, 7) is 4.77. The Morgan fingerprint density at radius 2 is 2.00 bits per heavy atom. The van der Waals surface area contributed by atoms with Gasteiger partial charge in [0, 0.05) is 31.3 Å². The Kier molecular flexibility index (Phi) is 6.37. The van der Waals surface area contributed by atoms with Crippen molar-refractivity contribution < 1.29 is 23.9 Å². The first kappa shape index (κ1) is 22.8. The van der Waals surface area contributed by atoms with Crippen molar-refractivity contribution in [1.29, 1.82) is 0 Å². The molecule has 1 amide bonds. The second-order valence-electron chi connectivity index (χ2n) is 8.73. The molecule has 8 heteroatoms. The van der Waals surface area contributed by atoms with E-state index in [2.05, 4.69) is 22.4 Å². The van der Waals surface area contributed by atoms with E-state index in [4.69, 9.17) is 4.52 Å². The molecule has 1 aliphatic heterocycles. The number of amides is 1. The van der Waals surface area contributed by atoms with Crippen molar-refractivity contribution in [2.24, 2.45) is 0 Å². The summed E-state index contributed by atoms with van der Waals surface area (Å²) in [6, 6.07) is 8.88. The number of fused-ring (bicyclic) bond motifs is 1. The molecule has 1 aliphatic rings. The Hall–Kier alpha value is -3.39. The summed E-state index contributed by atoms with van der Waals surface area (Å²) in [5.41, 5.74) is 4.79. The van der Waals surface area contributed by atoms with Crippen LogP contribution < -0.4 is 5.32 Å². The zero-order valence-corrected chi connectivity index (χ0v) is 19.0. The lowest BCUT2D eigenvalue weighted by atomic mass is 9.91. The van der Waals surface area contributed by atoms with Gasteiger partial charge in [-0.25, -0.2) is 4.39 Å². The number of phenols is 2. The molecule has 0 unspecified atom stereocenters. The molecule has 4 rings (SSSR count). The SMILES string of the molecule is CC(C)c1cc(-c2noc(C(=O)NCCF)c2-c2ccc3c(c2)CCN(C)C3)c(O)cc1O. The summed E-state index contributed by atoms with van der Waals surface area (Å²) in [4.78, 5) is 15.0. The van der Waals surface area contributed by atoms with E-state index in [0.717, 1.165) is 25.1 Å². The number of nitrogens with zero attached hydrogens (tertiary/aromatic N) is 2. The number of aromatic hydroxyl groups is 2. The van der Waals surface area contributed by atoms with Crippen LogP contribution in [0.1, 0.15) is 47.0 Å². The summed E-state index contributed by atoms with van der Waals surface area (Å²) in [5, 5.41) is 27.5. The van der Waals surface area contributed by atoms with Crippen LogP contribution in [0.25, 0.3) is 22.4 Å². The maximum absolute atomic E-state index is 12.8. The van der Waals surface area contributed by atoms with Crippen LogP contribution in [-0.2, 0) is 13.0 Å². The quantitative estimate of drug-likeness (QED) is 0.517. The van der Waals surface area contributed by atoms with E-state index >= 15 is 0 Å². The van der Waals surface area contributed by atoms with Crippen molar-refractivity contribution in [3.05, 3.63) is 52.8 Å². The van der Waals surface area contributed by atoms with Gasteiger partial charge in [0.1, 0.15) is 23.9 Å². The fourth-order valence-electron chi connectivity index (χ4n) is 4.23. The minimum absolute atomic E-state index is 0.00671. The summed E-state index contributed by atoms with van der Waals surface area (Å²) < 4.78 is 18.1. The predicted molar refractivity (Wildman–Crippen MR) is 123 cm³/mol. The Morgan fingerprint density at radius 3 is 2.73 bits per heavy atom. The molecular weight excluding hydrogens is 425 g/mol. The van der Waals surface area contributed by atoms with Gasteiger partial charge in [-0.3, -0.25) is 4.79 Å². The molecule has 0 saturated heterocycles. The summed E-state index contributed by atoms with van der Waals surface area (Å²) >= 11 is 0. The van der Waals surface area contributed by atoms with E-state index in [9.17, 15) is 19.4 Å². The Labute approximate surface area is 191 Å². The Morgan fingerprint density at radius 1 is 1.21 bits per heavy atom. The average Bonchev–Trinajstić information content (AvgIpc) is 3.21. The third kappa shape index (κ3) is 4.43. The monoisotopic (exact) mass is 453 g/mol. The van der Waals surface area contributed by atoms with Gasteiger partial charge in [0.2, 0.25) is 5.76 Å². The molecule has 0 saturated carbocycles. The molecule has 2 heterocycles. The van der Waals surface area contributed by atoms with E-state index < -0.39 is 12.6 Å². The van der Waals surface area contributed by atoms with Crippen molar-refractivity contribution >= 4 is 5.91 Å². The number of alkyl halides is 1. The van der Waals surface area contributed by atoms with Crippen LogP contribution in [0.4, 0.5) is 4.39 Å². The highest BCUT2D eigenvalue weighted by Crippen LogP contribution is 2.43. The second kappa shape index (κ2) is 9.23. The van der Waals surface area contributed by atoms with Gasteiger partial charge in [0.15, 0.2) is 0 Å². The lowest BCUT2D eigenvalue weighted by molar-refractivity contribution is 0.0915. The standard InChI is InChI=1S/C25H28FN3O4/c1-14(2)18-11-19(21(31)12-20(18)30)23-22(24(33-28-23)25(32)27-8-7-26)16-4-5-17-13-29(3)9-6-15(17)10-16/h4-5,10-12,14,30-31H,6-9,13H2,1-3H3,(H,27,32). The number of nitrogens with one attached hydrogen (secondary N) is 1. The molecular formula is C25H28FN3O4. The van der Waals surface area contributed by atoms with Crippen LogP contribution in [0.2, 0.25) is 0 Å². The fraction of sp³-hybridized carbons (Fsp3) is 0.360. The molecule has 3 aromatic rings. The van der Waals surface area contributed by atoms with Crippen molar-refractivity contribution in [3.8, 4) is 33.9 Å². The van der Waals surface area contributed by atoms with Crippen LogP contribution in [0, 0.1) is 0 Å². The predicted octanol–water partition coefficient (Wildman–Crippen LogP) is 4.23. The first-order chi connectivity index (χ1) is 15.8. The van der Waals surface area contributed by atoms with Gasteiger partial charge >= 0.3 is 0 Å². The molecule has 0 radical (unpaired) electrons. The highest BCUT2D eigenvalue weighted by Gasteiger charge is 2.28. The van der Waals surface area contributed by atoms with Gasteiger partial charge in [-0.2, -0.15) is 0 Å². The molecule has 174 valence electrons. The molecule has 3 N–H and O–H groups in total. The molecule has 0 aliphatic carbocycles. The van der Waals surface area contributed by atoms with Crippen LogP contribution in [0.5, 0.6) is 11.5 Å². The topological polar surface area (TPSA) is 98.8 Å². The number of aromatic nitrogens is 1.